The molecule has 0 aromatic heterocycles. The highest BCUT2D eigenvalue weighted by Crippen LogP contribution is 2.27. The highest BCUT2D eigenvalue weighted by Gasteiger charge is 2.21. The maximum atomic E-state index is 12.7. The second-order valence-electron chi connectivity index (χ2n) is 6.90. The van der Waals surface area contributed by atoms with Gasteiger partial charge in [0.15, 0.2) is 6.10 Å². The van der Waals surface area contributed by atoms with Gasteiger partial charge in [-0.15, -0.1) is 0 Å². The van der Waals surface area contributed by atoms with Crippen LogP contribution in [0.5, 0.6) is 5.75 Å². The summed E-state index contributed by atoms with van der Waals surface area (Å²) in [7, 11) is 0. The molecule has 0 saturated carbocycles. The van der Waals surface area contributed by atoms with Gasteiger partial charge in [0, 0.05) is 12.1 Å². The van der Waals surface area contributed by atoms with E-state index in [1.165, 1.54) is 36.1 Å². The number of anilines is 1. The van der Waals surface area contributed by atoms with Crippen molar-refractivity contribution in [2.75, 3.05) is 5.32 Å². The topological polar surface area (TPSA) is 81.5 Å². The first-order valence-electron chi connectivity index (χ1n) is 9.32. The van der Waals surface area contributed by atoms with E-state index in [4.69, 9.17) is 4.74 Å². The normalized spacial score (nSPS) is 14.1. The Hall–Kier alpha value is -2.89. The summed E-state index contributed by atoms with van der Waals surface area (Å²) in [5.41, 5.74) is 3.79. The molecule has 6 nitrogen and oxygen atoms in total. The molecule has 2 aromatic rings. The number of nitro groups is 1. The number of ether oxygens (including phenoxy) is 1. The Kier molecular flexibility index (Phi) is 5.74. The molecule has 0 aliphatic heterocycles. The van der Waals surface area contributed by atoms with E-state index in [0.717, 1.165) is 18.4 Å². The standard InChI is InChI=1S/C21H24N2O4/c1-3-20(27-18-11-9-15-6-4-5-7-16(15)12-18)21(24)22-19-13-17(23(25)26)10-8-14(19)2/h8-13,20H,3-7H2,1-2H3,(H,22,24)/t20-/m0/s1. The molecule has 1 N–H and O–H groups in total. The summed E-state index contributed by atoms with van der Waals surface area (Å²) in [5, 5.41) is 13.7. The van der Waals surface area contributed by atoms with Crippen LogP contribution in [0.1, 0.15) is 42.9 Å². The van der Waals surface area contributed by atoms with Crippen LogP contribution in [-0.4, -0.2) is 16.9 Å². The number of carbonyl (C=O) groups is 1. The molecule has 6 heteroatoms. The summed E-state index contributed by atoms with van der Waals surface area (Å²) in [5.74, 6) is 0.382. The van der Waals surface area contributed by atoms with E-state index in [1.807, 2.05) is 19.1 Å². The van der Waals surface area contributed by atoms with Crippen molar-refractivity contribution < 1.29 is 14.5 Å². The molecule has 0 fully saturated rings. The third-order valence-electron chi connectivity index (χ3n) is 4.95. The molecule has 0 heterocycles. The summed E-state index contributed by atoms with van der Waals surface area (Å²) in [6.45, 7) is 3.67. The zero-order valence-corrected chi connectivity index (χ0v) is 15.7. The molecule has 0 saturated heterocycles. The molecular weight excluding hydrogens is 344 g/mol. The minimum atomic E-state index is -0.662. The van der Waals surface area contributed by atoms with Gasteiger partial charge in [0.25, 0.3) is 11.6 Å². The fraction of sp³-hybridized carbons (Fsp3) is 0.381. The third kappa shape index (κ3) is 4.45. The molecule has 0 spiro atoms. The average Bonchev–Trinajstić information content (AvgIpc) is 2.67. The summed E-state index contributed by atoms with van der Waals surface area (Å²) in [6.07, 6.45) is 4.37. The fourth-order valence-corrected chi connectivity index (χ4v) is 3.34. The Balaban J connectivity index is 1.73. The molecule has 0 radical (unpaired) electrons. The van der Waals surface area contributed by atoms with Gasteiger partial charge in [-0.1, -0.05) is 19.1 Å². The number of hydrogen-bond acceptors (Lipinski definition) is 4. The van der Waals surface area contributed by atoms with E-state index in [2.05, 4.69) is 11.4 Å². The SMILES string of the molecule is CC[C@H](Oc1ccc2c(c1)CCCC2)C(=O)Nc1cc([N+](=O)[O-])ccc1C. The van der Waals surface area contributed by atoms with Crippen LogP contribution in [0.3, 0.4) is 0 Å². The lowest BCUT2D eigenvalue weighted by Gasteiger charge is -2.20. The largest absolute Gasteiger partial charge is 0.481 e. The molecule has 142 valence electrons. The van der Waals surface area contributed by atoms with Crippen molar-refractivity contribution in [1.82, 2.24) is 0 Å². The van der Waals surface area contributed by atoms with Crippen molar-refractivity contribution >= 4 is 17.3 Å². The first kappa shape index (κ1) is 18.9. The number of nitrogens with zero attached hydrogens (tertiary/aromatic N) is 1. The van der Waals surface area contributed by atoms with Crippen LogP contribution in [0.25, 0.3) is 0 Å². The fourth-order valence-electron chi connectivity index (χ4n) is 3.34. The molecule has 1 atom stereocenters. The van der Waals surface area contributed by atoms with Gasteiger partial charge in [-0.05, 0) is 67.9 Å². The molecule has 1 amide bonds. The molecule has 1 aliphatic carbocycles. The lowest BCUT2D eigenvalue weighted by Crippen LogP contribution is -2.32. The van der Waals surface area contributed by atoms with Gasteiger partial charge < -0.3 is 10.1 Å². The summed E-state index contributed by atoms with van der Waals surface area (Å²) < 4.78 is 5.94. The van der Waals surface area contributed by atoms with Gasteiger partial charge in [-0.25, -0.2) is 0 Å². The number of fused-ring (bicyclic) bond motifs is 1. The second-order valence-corrected chi connectivity index (χ2v) is 6.90. The van der Waals surface area contributed by atoms with Crippen LogP contribution in [0.15, 0.2) is 36.4 Å². The van der Waals surface area contributed by atoms with Crippen molar-refractivity contribution in [3.8, 4) is 5.75 Å². The van der Waals surface area contributed by atoms with Crippen LogP contribution in [0, 0.1) is 17.0 Å². The lowest BCUT2D eigenvalue weighted by molar-refractivity contribution is -0.384. The Bertz CT molecular complexity index is 863. The van der Waals surface area contributed by atoms with Gasteiger partial charge in [0.2, 0.25) is 0 Å². The predicted molar refractivity (Wildman–Crippen MR) is 104 cm³/mol. The van der Waals surface area contributed by atoms with Crippen molar-refractivity contribution in [1.29, 1.82) is 0 Å². The van der Waals surface area contributed by atoms with E-state index >= 15 is 0 Å². The minimum absolute atomic E-state index is 0.0560. The van der Waals surface area contributed by atoms with Gasteiger partial charge in [0.1, 0.15) is 5.75 Å². The number of rotatable bonds is 6. The van der Waals surface area contributed by atoms with Gasteiger partial charge in [-0.3, -0.25) is 14.9 Å². The number of carbonyl (C=O) groups excluding carboxylic acids is 1. The van der Waals surface area contributed by atoms with Gasteiger partial charge in [0.05, 0.1) is 10.6 Å². The Morgan fingerprint density at radius 2 is 1.93 bits per heavy atom. The summed E-state index contributed by atoms with van der Waals surface area (Å²) >= 11 is 0. The van der Waals surface area contributed by atoms with Crippen molar-refractivity contribution in [3.63, 3.8) is 0 Å². The summed E-state index contributed by atoms with van der Waals surface area (Å²) in [6, 6.07) is 10.4. The zero-order chi connectivity index (χ0) is 19.4. The van der Waals surface area contributed by atoms with Crippen molar-refractivity contribution in [3.05, 3.63) is 63.2 Å². The first-order chi connectivity index (χ1) is 13.0. The number of nitro benzene ring substituents is 1. The molecular formula is C21H24N2O4. The smallest absolute Gasteiger partial charge is 0.271 e. The predicted octanol–water partition coefficient (Wildman–Crippen LogP) is 4.58. The Labute approximate surface area is 158 Å². The lowest BCUT2D eigenvalue weighted by atomic mass is 9.92. The third-order valence-corrected chi connectivity index (χ3v) is 4.95. The van der Waals surface area contributed by atoms with Crippen LogP contribution < -0.4 is 10.1 Å². The van der Waals surface area contributed by atoms with Crippen LogP contribution >= 0.6 is 0 Å². The quantitative estimate of drug-likeness (QED) is 0.598. The highest BCUT2D eigenvalue weighted by molar-refractivity contribution is 5.95. The maximum absolute atomic E-state index is 12.7. The molecule has 1 aliphatic rings. The average molecular weight is 368 g/mol. The monoisotopic (exact) mass is 368 g/mol. The van der Waals surface area contributed by atoms with E-state index in [0.29, 0.717) is 17.9 Å². The van der Waals surface area contributed by atoms with Crippen LogP contribution in [0.4, 0.5) is 11.4 Å². The number of nitrogens with one attached hydrogen (secondary N) is 1. The Morgan fingerprint density at radius 1 is 1.19 bits per heavy atom. The number of amides is 1. The van der Waals surface area contributed by atoms with Crippen molar-refractivity contribution in [2.45, 2.75) is 52.1 Å². The van der Waals surface area contributed by atoms with Crippen LogP contribution in [0.2, 0.25) is 0 Å². The van der Waals surface area contributed by atoms with E-state index in [-0.39, 0.29) is 11.6 Å². The zero-order valence-electron chi connectivity index (χ0n) is 15.7. The molecule has 3 rings (SSSR count). The number of hydrogen-bond donors (Lipinski definition) is 1. The minimum Gasteiger partial charge on any atom is -0.481 e. The maximum Gasteiger partial charge on any atom is 0.271 e. The Morgan fingerprint density at radius 3 is 2.63 bits per heavy atom. The molecule has 0 unspecified atom stereocenters. The van der Waals surface area contributed by atoms with Gasteiger partial charge >= 0.3 is 0 Å². The first-order valence-corrected chi connectivity index (χ1v) is 9.32. The highest BCUT2D eigenvalue weighted by atomic mass is 16.6. The molecule has 2 aromatic carbocycles. The van der Waals surface area contributed by atoms with Crippen molar-refractivity contribution in [2.24, 2.45) is 0 Å². The number of non-ortho nitro benzene ring substituents is 1. The number of aryl methyl sites for hydroxylation is 3. The van der Waals surface area contributed by atoms with Gasteiger partial charge in [-0.2, -0.15) is 0 Å². The van der Waals surface area contributed by atoms with Crippen LogP contribution in [-0.2, 0) is 17.6 Å². The van der Waals surface area contributed by atoms with E-state index in [9.17, 15) is 14.9 Å². The summed E-state index contributed by atoms with van der Waals surface area (Å²) in [4.78, 5) is 23.2. The van der Waals surface area contributed by atoms with E-state index < -0.39 is 11.0 Å². The molecule has 27 heavy (non-hydrogen) atoms. The van der Waals surface area contributed by atoms with E-state index in [1.54, 1.807) is 13.0 Å². The number of benzene rings is 2. The molecule has 0 bridgehead atoms. The second kappa shape index (κ2) is 8.20.